The number of hydrogen-bond donors (Lipinski definition) is 2. The van der Waals surface area contributed by atoms with Crippen molar-refractivity contribution in [2.24, 2.45) is 0 Å². The second kappa shape index (κ2) is 10.8. The number of amides is 2. The van der Waals surface area contributed by atoms with Gasteiger partial charge >= 0.3 is 6.09 Å². The minimum absolute atomic E-state index is 0.157. The largest absolute Gasteiger partial charge is 0.493 e. The first-order chi connectivity index (χ1) is 13.5. The maximum absolute atomic E-state index is 12.3. The molecule has 0 fully saturated rings. The summed E-state index contributed by atoms with van der Waals surface area (Å²) >= 11 is 0. The molecule has 0 heterocycles. The molecular weight excluding hydrogens is 364 g/mol. The number of carbonyl (C=O) groups excluding carboxylic acids is 2. The monoisotopic (exact) mass is 388 g/mol. The summed E-state index contributed by atoms with van der Waals surface area (Å²) in [7, 11) is 4.62. The van der Waals surface area contributed by atoms with Crippen LogP contribution in [0.2, 0.25) is 0 Å². The van der Waals surface area contributed by atoms with Crippen molar-refractivity contribution in [1.29, 1.82) is 0 Å². The molecule has 0 saturated carbocycles. The lowest BCUT2D eigenvalue weighted by atomic mass is 10.1. The second-order valence-corrected chi connectivity index (χ2v) is 5.75. The molecule has 0 aliphatic heterocycles. The predicted octanol–water partition coefficient (Wildman–Crippen LogP) is 3.08. The second-order valence-electron chi connectivity index (χ2n) is 5.75. The van der Waals surface area contributed by atoms with Crippen LogP contribution in [0, 0.1) is 0 Å². The molecule has 150 valence electrons. The molecule has 0 radical (unpaired) electrons. The lowest BCUT2D eigenvalue weighted by Crippen LogP contribution is -2.17. The van der Waals surface area contributed by atoms with Crippen LogP contribution in [0.3, 0.4) is 0 Å². The zero-order chi connectivity index (χ0) is 20.4. The van der Waals surface area contributed by atoms with E-state index in [1.54, 1.807) is 56.7 Å². The van der Waals surface area contributed by atoms with Crippen LogP contribution >= 0.6 is 0 Å². The molecular formula is C20H24N2O6. The van der Waals surface area contributed by atoms with Crippen LogP contribution in [0.1, 0.15) is 5.56 Å². The molecule has 0 atom stereocenters. The van der Waals surface area contributed by atoms with Gasteiger partial charge in [0.05, 0.1) is 27.2 Å². The van der Waals surface area contributed by atoms with Gasteiger partial charge < -0.3 is 24.3 Å². The van der Waals surface area contributed by atoms with Crippen molar-refractivity contribution in [3.63, 3.8) is 0 Å². The summed E-state index contributed by atoms with van der Waals surface area (Å²) in [5.74, 6) is 0.959. The molecule has 0 aliphatic rings. The zero-order valence-corrected chi connectivity index (χ0v) is 16.1. The Bertz CT molecular complexity index is 809. The van der Waals surface area contributed by atoms with Crippen molar-refractivity contribution in [3.05, 3.63) is 48.0 Å². The van der Waals surface area contributed by atoms with Gasteiger partial charge in [-0.3, -0.25) is 10.1 Å². The number of anilines is 2. The Morgan fingerprint density at radius 1 is 0.857 bits per heavy atom. The molecule has 8 heteroatoms. The van der Waals surface area contributed by atoms with Gasteiger partial charge in [0.2, 0.25) is 5.91 Å². The number of carbonyl (C=O) groups is 2. The molecule has 0 unspecified atom stereocenters. The van der Waals surface area contributed by atoms with Gasteiger partial charge in [0.25, 0.3) is 0 Å². The molecule has 2 amide bonds. The van der Waals surface area contributed by atoms with E-state index in [2.05, 4.69) is 10.6 Å². The SMILES string of the molecule is COCCOC(=O)Nc1cccc(NC(=O)Cc2ccc(OC)c(OC)c2)c1. The minimum atomic E-state index is -0.592. The summed E-state index contributed by atoms with van der Waals surface area (Å²) in [6.45, 7) is 0.476. The maximum Gasteiger partial charge on any atom is 0.411 e. The van der Waals surface area contributed by atoms with E-state index in [9.17, 15) is 9.59 Å². The number of benzene rings is 2. The van der Waals surface area contributed by atoms with Crippen LogP contribution in [0.4, 0.5) is 16.2 Å². The Hall–Kier alpha value is -3.26. The maximum atomic E-state index is 12.3. The highest BCUT2D eigenvalue weighted by Crippen LogP contribution is 2.27. The molecule has 2 aromatic rings. The van der Waals surface area contributed by atoms with E-state index >= 15 is 0 Å². The van der Waals surface area contributed by atoms with Gasteiger partial charge in [-0.05, 0) is 35.9 Å². The average molecular weight is 388 g/mol. The van der Waals surface area contributed by atoms with E-state index in [0.717, 1.165) is 5.56 Å². The molecule has 0 saturated heterocycles. The summed E-state index contributed by atoms with van der Waals surface area (Å²) < 4.78 is 20.2. The summed E-state index contributed by atoms with van der Waals surface area (Å²) in [6.07, 6.45) is -0.428. The van der Waals surface area contributed by atoms with Crippen LogP contribution in [0.25, 0.3) is 0 Å². The predicted molar refractivity (Wildman–Crippen MR) is 105 cm³/mol. The normalized spacial score (nSPS) is 10.1. The van der Waals surface area contributed by atoms with Crippen molar-refractivity contribution < 1.29 is 28.5 Å². The van der Waals surface area contributed by atoms with Crippen LogP contribution < -0.4 is 20.1 Å². The summed E-state index contributed by atoms with van der Waals surface area (Å²) in [4.78, 5) is 24.0. The smallest absolute Gasteiger partial charge is 0.411 e. The van der Waals surface area contributed by atoms with Crippen LogP contribution in [0.5, 0.6) is 11.5 Å². The summed E-state index contributed by atoms with van der Waals surface area (Å²) in [5.41, 5.74) is 1.85. The summed E-state index contributed by atoms with van der Waals surface area (Å²) in [6, 6.07) is 12.1. The quantitative estimate of drug-likeness (QED) is 0.641. The lowest BCUT2D eigenvalue weighted by molar-refractivity contribution is -0.115. The molecule has 0 aromatic heterocycles. The number of hydrogen-bond acceptors (Lipinski definition) is 6. The number of methoxy groups -OCH3 is 3. The molecule has 2 aromatic carbocycles. The molecule has 2 rings (SSSR count). The van der Waals surface area contributed by atoms with Gasteiger partial charge in [-0.2, -0.15) is 0 Å². The number of nitrogens with one attached hydrogen (secondary N) is 2. The first-order valence-electron chi connectivity index (χ1n) is 8.59. The fourth-order valence-corrected chi connectivity index (χ4v) is 2.43. The summed E-state index contributed by atoms with van der Waals surface area (Å²) in [5, 5.41) is 5.39. The van der Waals surface area contributed by atoms with Crippen molar-refractivity contribution in [3.8, 4) is 11.5 Å². The van der Waals surface area contributed by atoms with Crippen molar-refractivity contribution in [2.45, 2.75) is 6.42 Å². The highest BCUT2D eigenvalue weighted by atomic mass is 16.6. The van der Waals surface area contributed by atoms with Gasteiger partial charge in [-0.1, -0.05) is 12.1 Å². The van der Waals surface area contributed by atoms with E-state index in [4.69, 9.17) is 18.9 Å². The molecule has 8 nitrogen and oxygen atoms in total. The van der Waals surface area contributed by atoms with Gasteiger partial charge in [0.1, 0.15) is 6.61 Å². The van der Waals surface area contributed by atoms with E-state index in [1.165, 1.54) is 7.11 Å². The van der Waals surface area contributed by atoms with Crippen LogP contribution in [-0.2, 0) is 20.7 Å². The minimum Gasteiger partial charge on any atom is -0.493 e. The zero-order valence-electron chi connectivity index (χ0n) is 16.1. The third-order valence-electron chi connectivity index (χ3n) is 3.73. The first-order valence-corrected chi connectivity index (χ1v) is 8.59. The van der Waals surface area contributed by atoms with Crippen LogP contribution in [0.15, 0.2) is 42.5 Å². The number of ether oxygens (including phenoxy) is 4. The molecule has 2 N–H and O–H groups in total. The Morgan fingerprint density at radius 3 is 2.25 bits per heavy atom. The third kappa shape index (κ3) is 6.48. The lowest BCUT2D eigenvalue weighted by Gasteiger charge is -2.11. The third-order valence-corrected chi connectivity index (χ3v) is 3.73. The molecule has 28 heavy (non-hydrogen) atoms. The van der Waals surface area contributed by atoms with Gasteiger partial charge in [-0.25, -0.2) is 4.79 Å². The highest BCUT2D eigenvalue weighted by molar-refractivity contribution is 5.93. The Morgan fingerprint density at radius 2 is 1.57 bits per heavy atom. The van der Waals surface area contributed by atoms with E-state index in [-0.39, 0.29) is 18.9 Å². The Balaban J connectivity index is 1.94. The van der Waals surface area contributed by atoms with E-state index in [1.807, 2.05) is 0 Å². The van der Waals surface area contributed by atoms with Crippen LogP contribution in [-0.4, -0.2) is 46.5 Å². The van der Waals surface area contributed by atoms with Crippen molar-refractivity contribution in [2.75, 3.05) is 45.2 Å². The van der Waals surface area contributed by atoms with Gasteiger partial charge in [0.15, 0.2) is 11.5 Å². The van der Waals surface area contributed by atoms with Gasteiger partial charge in [-0.15, -0.1) is 0 Å². The number of rotatable bonds is 9. The Labute approximate surface area is 163 Å². The standard InChI is InChI=1S/C20H24N2O6/c1-25-9-10-28-20(24)22-16-6-4-5-15(13-16)21-19(23)12-14-7-8-17(26-2)18(11-14)27-3/h4-8,11,13H,9-10,12H2,1-3H3,(H,21,23)(H,22,24). The van der Waals surface area contributed by atoms with Gasteiger partial charge in [0, 0.05) is 18.5 Å². The topological polar surface area (TPSA) is 95.1 Å². The van der Waals surface area contributed by atoms with E-state index < -0.39 is 6.09 Å². The fourth-order valence-electron chi connectivity index (χ4n) is 2.43. The molecule has 0 bridgehead atoms. The first kappa shape index (κ1) is 21.0. The highest BCUT2D eigenvalue weighted by Gasteiger charge is 2.10. The fraction of sp³-hybridized carbons (Fsp3) is 0.300. The van der Waals surface area contributed by atoms with E-state index in [0.29, 0.717) is 29.5 Å². The average Bonchev–Trinajstić information content (AvgIpc) is 2.68. The molecule has 0 aliphatic carbocycles. The Kier molecular flexibility index (Phi) is 8.11. The van der Waals surface area contributed by atoms with Crippen molar-refractivity contribution >= 4 is 23.4 Å². The molecule has 0 spiro atoms. The van der Waals surface area contributed by atoms with Crippen molar-refractivity contribution in [1.82, 2.24) is 0 Å².